The maximum atomic E-state index is 10.6. The Morgan fingerprint density at radius 2 is 1.93 bits per heavy atom. The van der Waals surface area contributed by atoms with Crippen LogP contribution in [0, 0.1) is 23.7 Å². The van der Waals surface area contributed by atoms with Gasteiger partial charge in [-0.15, -0.1) is 0 Å². The Morgan fingerprint density at radius 3 is 2.64 bits per heavy atom. The van der Waals surface area contributed by atoms with Crippen molar-refractivity contribution in [3.05, 3.63) is 11.6 Å². The number of aldehydes is 1. The summed E-state index contributed by atoms with van der Waals surface area (Å²) in [5, 5.41) is 0. The standard InChI is InChI=1S/C13H20O/c1-9-3-5-11(7-8-14)13-10(2)4-6-12(9)13/h7-10,12-13H,3-6H2,1-2H3/b11-7+. The molecule has 0 radical (unpaired) electrons. The van der Waals surface area contributed by atoms with Gasteiger partial charge in [-0.1, -0.05) is 19.4 Å². The maximum Gasteiger partial charge on any atom is 0.142 e. The molecule has 2 saturated carbocycles. The number of allylic oxidation sites excluding steroid dienone is 2. The monoisotopic (exact) mass is 192 g/mol. The van der Waals surface area contributed by atoms with E-state index < -0.39 is 0 Å². The van der Waals surface area contributed by atoms with E-state index in [1.54, 1.807) is 0 Å². The number of rotatable bonds is 1. The number of hydrogen-bond donors (Lipinski definition) is 0. The van der Waals surface area contributed by atoms with Gasteiger partial charge < -0.3 is 0 Å². The van der Waals surface area contributed by atoms with Gasteiger partial charge in [-0.3, -0.25) is 4.79 Å². The van der Waals surface area contributed by atoms with Gasteiger partial charge in [0.2, 0.25) is 0 Å². The molecule has 4 atom stereocenters. The first-order valence-electron chi connectivity index (χ1n) is 5.88. The molecule has 0 aromatic carbocycles. The van der Waals surface area contributed by atoms with Crippen LogP contribution in [0.15, 0.2) is 11.6 Å². The van der Waals surface area contributed by atoms with Crippen LogP contribution in [0.3, 0.4) is 0 Å². The van der Waals surface area contributed by atoms with Crippen LogP contribution in [0.4, 0.5) is 0 Å². The van der Waals surface area contributed by atoms with Gasteiger partial charge in [-0.05, 0) is 55.4 Å². The predicted octanol–water partition coefficient (Wildman–Crippen LogP) is 3.20. The molecule has 0 aliphatic heterocycles. The minimum atomic E-state index is 0.726. The zero-order valence-corrected chi connectivity index (χ0v) is 9.20. The summed E-state index contributed by atoms with van der Waals surface area (Å²) in [5.41, 5.74) is 1.44. The summed E-state index contributed by atoms with van der Waals surface area (Å²) in [5.74, 6) is 3.26. The van der Waals surface area contributed by atoms with Crippen molar-refractivity contribution in [1.29, 1.82) is 0 Å². The largest absolute Gasteiger partial charge is 0.299 e. The van der Waals surface area contributed by atoms with E-state index in [1.807, 2.05) is 6.08 Å². The van der Waals surface area contributed by atoms with Gasteiger partial charge in [-0.2, -0.15) is 0 Å². The molecular formula is C13H20O. The SMILES string of the molecule is CC1CC/C(=C\C=O)C2C(C)CCC12. The summed E-state index contributed by atoms with van der Waals surface area (Å²) < 4.78 is 0. The average molecular weight is 192 g/mol. The Bertz CT molecular complexity index is 254. The number of carbonyl (C=O) groups excluding carboxylic acids is 1. The van der Waals surface area contributed by atoms with Crippen LogP contribution in [0.2, 0.25) is 0 Å². The highest BCUT2D eigenvalue weighted by Gasteiger charge is 2.40. The summed E-state index contributed by atoms with van der Waals surface area (Å²) >= 11 is 0. The van der Waals surface area contributed by atoms with Crippen LogP contribution < -0.4 is 0 Å². The molecule has 0 amide bonds. The molecule has 1 nitrogen and oxygen atoms in total. The van der Waals surface area contributed by atoms with Crippen molar-refractivity contribution in [2.75, 3.05) is 0 Å². The molecule has 0 bridgehead atoms. The highest BCUT2D eigenvalue weighted by molar-refractivity contribution is 5.66. The predicted molar refractivity (Wildman–Crippen MR) is 57.9 cm³/mol. The Balaban J connectivity index is 2.23. The van der Waals surface area contributed by atoms with Gasteiger partial charge in [-0.25, -0.2) is 0 Å². The average Bonchev–Trinajstić information content (AvgIpc) is 2.55. The van der Waals surface area contributed by atoms with E-state index >= 15 is 0 Å². The smallest absolute Gasteiger partial charge is 0.142 e. The van der Waals surface area contributed by atoms with Crippen molar-refractivity contribution in [3.8, 4) is 0 Å². The maximum absolute atomic E-state index is 10.6. The summed E-state index contributed by atoms with van der Waals surface area (Å²) in [4.78, 5) is 10.6. The second-order valence-corrected chi connectivity index (χ2v) is 5.14. The highest BCUT2D eigenvalue weighted by atomic mass is 16.1. The first-order valence-corrected chi connectivity index (χ1v) is 5.88. The van der Waals surface area contributed by atoms with E-state index in [9.17, 15) is 4.79 Å². The lowest BCUT2D eigenvalue weighted by atomic mass is 9.70. The van der Waals surface area contributed by atoms with Gasteiger partial charge in [0.05, 0.1) is 0 Å². The molecule has 0 heterocycles. The van der Waals surface area contributed by atoms with Gasteiger partial charge in [0.15, 0.2) is 0 Å². The van der Waals surface area contributed by atoms with Gasteiger partial charge in [0.1, 0.15) is 6.29 Å². The van der Waals surface area contributed by atoms with Gasteiger partial charge in [0, 0.05) is 0 Å². The molecule has 4 unspecified atom stereocenters. The fourth-order valence-corrected chi connectivity index (χ4v) is 3.57. The zero-order chi connectivity index (χ0) is 10.1. The molecule has 14 heavy (non-hydrogen) atoms. The van der Waals surface area contributed by atoms with Crippen LogP contribution in [0.5, 0.6) is 0 Å². The molecule has 0 aromatic rings. The molecule has 2 aliphatic rings. The van der Waals surface area contributed by atoms with E-state index in [-0.39, 0.29) is 0 Å². The van der Waals surface area contributed by atoms with Crippen LogP contribution >= 0.6 is 0 Å². The minimum absolute atomic E-state index is 0.726. The third kappa shape index (κ3) is 1.53. The third-order valence-electron chi connectivity index (χ3n) is 4.36. The van der Waals surface area contributed by atoms with Crippen LogP contribution in [0.25, 0.3) is 0 Å². The van der Waals surface area contributed by atoms with Gasteiger partial charge >= 0.3 is 0 Å². The van der Waals surface area contributed by atoms with E-state index in [1.165, 1.54) is 24.8 Å². The molecule has 0 N–H and O–H groups in total. The van der Waals surface area contributed by atoms with Crippen molar-refractivity contribution in [3.63, 3.8) is 0 Å². The topological polar surface area (TPSA) is 17.1 Å². The van der Waals surface area contributed by atoms with E-state index in [0.717, 1.165) is 36.4 Å². The van der Waals surface area contributed by atoms with Crippen molar-refractivity contribution in [1.82, 2.24) is 0 Å². The summed E-state index contributed by atoms with van der Waals surface area (Å²) in [6.07, 6.45) is 8.00. The highest BCUT2D eigenvalue weighted by Crippen LogP contribution is 2.50. The normalized spacial score (nSPS) is 45.1. The number of fused-ring (bicyclic) bond motifs is 1. The lowest BCUT2D eigenvalue weighted by molar-refractivity contribution is -0.104. The lowest BCUT2D eigenvalue weighted by Gasteiger charge is -2.35. The molecule has 0 spiro atoms. The van der Waals surface area contributed by atoms with E-state index in [0.29, 0.717) is 0 Å². The Morgan fingerprint density at radius 1 is 1.14 bits per heavy atom. The molecular weight excluding hydrogens is 172 g/mol. The number of carbonyl (C=O) groups is 1. The fraction of sp³-hybridized carbons (Fsp3) is 0.769. The molecule has 78 valence electrons. The van der Waals surface area contributed by atoms with Gasteiger partial charge in [0.25, 0.3) is 0 Å². The minimum Gasteiger partial charge on any atom is -0.299 e. The quantitative estimate of drug-likeness (QED) is 0.460. The Labute approximate surface area is 86.6 Å². The van der Waals surface area contributed by atoms with Crippen LogP contribution in [-0.2, 0) is 4.79 Å². The zero-order valence-electron chi connectivity index (χ0n) is 9.20. The summed E-state index contributed by atoms with van der Waals surface area (Å²) in [6, 6.07) is 0. The second kappa shape index (κ2) is 3.88. The second-order valence-electron chi connectivity index (χ2n) is 5.14. The number of hydrogen-bond acceptors (Lipinski definition) is 1. The first-order chi connectivity index (χ1) is 6.74. The summed E-state index contributed by atoms with van der Waals surface area (Å²) in [6.45, 7) is 4.73. The molecule has 0 saturated heterocycles. The molecule has 2 aliphatic carbocycles. The van der Waals surface area contributed by atoms with E-state index in [2.05, 4.69) is 13.8 Å². The fourth-order valence-electron chi connectivity index (χ4n) is 3.57. The Hall–Kier alpha value is -0.590. The Kier molecular flexibility index (Phi) is 2.76. The molecule has 0 aromatic heterocycles. The lowest BCUT2D eigenvalue weighted by Crippen LogP contribution is -2.26. The van der Waals surface area contributed by atoms with Crippen molar-refractivity contribution >= 4 is 6.29 Å². The van der Waals surface area contributed by atoms with Crippen molar-refractivity contribution in [2.45, 2.75) is 39.5 Å². The summed E-state index contributed by atoms with van der Waals surface area (Å²) in [7, 11) is 0. The third-order valence-corrected chi connectivity index (χ3v) is 4.36. The van der Waals surface area contributed by atoms with Crippen molar-refractivity contribution in [2.24, 2.45) is 23.7 Å². The van der Waals surface area contributed by atoms with E-state index in [4.69, 9.17) is 0 Å². The van der Waals surface area contributed by atoms with Crippen LogP contribution in [-0.4, -0.2) is 6.29 Å². The molecule has 1 heteroatoms. The van der Waals surface area contributed by atoms with Crippen molar-refractivity contribution < 1.29 is 4.79 Å². The van der Waals surface area contributed by atoms with Crippen LogP contribution in [0.1, 0.15) is 39.5 Å². The first kappa shape index (κ1) is 9.95. The molecule has 2 fully saturated rings. The molecule has 2 rings (SSSR count).